The second-order valence-electron chi connectivity index (χ2n) is 3.51. The van der Waals surface area contributed by atoms with Gasteiger partial charge in [0.25, 0.3) is 0 Å². The van der Waals surface area contributed by atoms with Crippen molar-refractivity contribution >= 4 is 31.1 Å². The second-order valence-corrected chi connectivity index (χ2v) is 7.63. The van der Waals surface area contributed by atoms with Crippen LogP contribution in [0.1, 0.15) is 21.7 Å². The van der Waals surface area contributed by atoms with Crippen molar-refractivity contribution in [1.82, 2.24) is 0 Å². The fourth-order valence-corrected chi connectivity index (χ4v) is 3.82. The molecule has 0 aromatic carbocycles. The first kappa shape index (κ1) is 10.5. The van der Waals surface area contributed by atoms with Gasteiger partial charge in [-0.3, -0.25) is 0 Å². The van der Waals surface area contributed by atoms with E-state index in [1.807, 2.05) is 0 Å². The number of thiophene rings is 1. The van der Waals surface area contributed by atoms with Gasteiger partial charge < -0.3 is 0 Å². The maximum atomic E-state index is 10.7. The van der Waals surface area contributed by atoms with Crippen molar-refractivity contribution in [1.29, 1.82) is 0 Å². The molecule has 0 N–H and O–H groups in total. The van der Waals surface area contributed by atoms with Gasteiger partial charge in [-0.25, -0.2) is 8.42 Å². The summed E-state index contributed by atoms with van der Waals surface area (Å²) in [6, 6.07) is 2.13. The van der Waals surface area contributed by atoms with Crippen LogP contribution in [-0.2, 0) is 28.3 Å². The van der Waals surface area contributed by atoms with Crippen molar-refractivity contribution in [2.24, 2.45) is 0 Å². The van der Waals surface area contributed by atoms with Crippen LogP contribution in [-0.4, -0.2) is 14.2 Å². The molecule has 0 unspecified atom stereocenters. The molecule has 5 heteroatoms. The summed E-state index contributed by atoms with van der Waals surface area (Å²) in [7, 11) is 1.82. The minimum Gasteiger partial charge on any atom is -0.212 e. The van der Waals surface area contributed by atoms with Crippen LogP contribution in [0.3, 0.4) is 0 Å². The summed E-state index contributed by atoms with van der Waals surface area (Å²) in [5.41, 5.74) is 1.41. The van der Waals surface area contributed by atoms with Crippen LogP contribution in [0.4, 0.5) is 0 Å². The van der Waals surface area contributed by atoms with Crippen LogP contribution in [0.2, 0.25) is 0 Å². The van der Waals surface area contributed by atoms with Gasteiger partial charge in [-0.05, 0) is 37.3 Å². The number of rotatable bonds is 3. The zero-order chi connectivity index (χ0) is 10.2. The Morgan fingerprint density at radius 2 is 2.21 bits per heavy atom. The predicted molar refractivity (Wildman–Crippen MR) is 59.7 cm³/mol. The van der Waals surface area contributed by atoms with Gasteiger partial charge >= 0.3 is 0 Å². The van der Waals surface area contributed by atoms with Crippen LogP contribution in [0.15, 0.2) is 6.07 Å². The highest BCUT2D eigenvalue weighted by atomic mass is 35.7. The molecule has 1 aliphatic rings. The fourth-order valence-electron chi connectivity index (χ4n) is 1.74. The Labute approximate surface area is 92.3 Å². The average Bonchev–Trinajstić information content (AvgIpc) is 2.56. The van der Waals surface area contributed by atoms with Crippen molar-refractivity contribution in [3.63, 3.8) is 0 Å². The molecule has 0 fully saturated rings. The van der Waals surface area contributed by atoms with E-state index in [2.05, 4.69) is 6.07 Å². The van der Waals surface area contributed by atoms with Gasteiger partial charge in [0.05, 0.1) is 5.75 Å². The molecule has 1 aliphatic carbocycles. The average molecular weight is 251 g/mol. The Hall–Kier alpha value is -0.0600. The van der Waals surface area contributed by atoms with Crippen LogP contribution in [0, 0.1) is 0 Å². The van der Waals surface area contributed by atoms with Gasteiger partial charge in [-0.2, -0.15) is 0 Å². The summed E-state index contributed by atoms with van der Waals surface area (Å²) in [4.78, 5) is 2.59. The Kier molecular flexibility index (Phi) is 2.86. The smallest absolute Gasteiger partial charge is 0.212 e. The van der Waals surface area contributed by atoms with E-state index in [0.29, 0.717) is 6.42 Å². The summed E-state index contributed by atoms with van der Waals surface area (Å²) in [6.45, 7) is 0. The SMILES string of the molecule is O=S(=O)(Cl)CCc1cc2c(s1)CCC2. The molecule has 1 aromatic rings. The molecule has 0 atom stereocenters. The number of aryl methyl sites for hydroxylation is 3. The molecule has 2 rings (SSSR count). The Morgan fingerprint density at radius 3 is 2.86 bits per heavy atom. The summed E-state index contributed by atoms with van der Waals surface area (Å²) >= 11 is 1.74. The summed E-state index contributed by atoms with van der Waals surface area (Å²) in [5, 5.41) is 0. The molecule has 0 aliphatic heterocycles. The molecular weight excluding hydrogens is 240 g/mol. The second kappa shape index (κ2) is 3.83. The highest BCUT2D eigenvalue weighted by molar-refractivity contribution is 8.13. The lowest BCUT2D eigenvalue weighted by Crippen LogP contribution is -1.99. The number of hydrogen-bond acceptors (Lipinski definition) is 3. The molecule has 0 spiro atoms. The van der Waals surface area contributed by atoms with Crippen LogP contribution < -0.4 is 0 Å². The predicted octanol–water partition coefficient (Wildman–Crippen LogP) is 2.35. The van der Waals surface area contributed by atoms with Crippen molar-refractivity contribution in [2.45, 2.75) is 25.7 Å². The highest BCUT2D eigenvalue weighted by Gasteiger charge is 2.15. The van der Waals surface area contributed by atoms with Gasteiger partial charge in [0.1, 0.15) is 0 Å². The molecule has 0 radical (unpaired) electrons. The van der Waals surface area contributed by atoms with Crippen molar-refractivity contribution in [3.8, 4) is 0 Å². The molecule has 1 aromatic heterocycles. The first-order chi connectivity index (χ1) is 6.54. The maximum absolute atomic E-state index is 10.7. The third-order valence-electron chi connectivity index (χ3n) is 2.39. The zero-order valence-electron chi connectivity index (χ0n) is 7.62. The standard InChI is InChI=1S/C9H11ClO2S2/c10-14(11,12)5-4-8-6-7-2-1-3-9(7)13-8/h6H,1-5H2. The molecule has 0 saturated heterocycles. The summed E-state index contributed by atoms with van der Waals surface area (Å²) in [5.74, 6) is 0.0496. The van der Waals surface area contributed by atoms with E-state index < -0.39 is 9.05 Å². The molecule has 0 bridgehead atoms. The van der Waals surface area contributed by atoms with Gasteiger partial charge in [-0.1, -0.05) is 0 Å². The number of halogens is 1. The number of fused-ring (bicyclic) bond motifs is 1. The molecule has 14 heavy (non-hydrogen) atoms. The minimum atomic E-state index is -3.34. The lowest BCUT2D eigenvalue weighted by Gasteiger charge is -1.93. The van der Waals surface area contributed by atoms with Crippen molar-refractivity contribution in [3.05, 3.63) is 21.4 Å². The van der Waals surface area contributed by atoms with E-state index in [1.165, 1.54) is 16.9 Å². The third-order valence-corrected chi connectivity index (χ3v) is 4.84. The molecule has 2 nitrogen and oxygen atoms in total. The maximum Gasteiger partial charge on any atom is 0.232 e. The Bertz CT molecular complexity index is 412. The highest BCUT2D eigenvalue weighted by Crippen LogP contribution is 2.30. The van der Waals surface area contributed by atoms with Gasteiger partial charge in [0.15, 0.2) is 0 Å². The largest absolute Gasteiger partial charge is 0.232 e. The van der Waals surface area contributed by atoms with Crippen molar-refractivity contribution in [2.75, 3.05) is 5.75 Å². The Balaban J connectivity index is 2.05. The Morgan fingerprint density at radius 1 is 1.43 bits per heavy atom. The van der Waals surface area contributed by atoms with Crippen LogP contribution in [0.5, 0.6) is 0 Å². The van der Waals surface area contributed by atoms with Gasteiger partial charge in [0, 0.05) is 20.4 Å². The zero-order valence-corrected chi connectivity index (χ0v) is 10.0. The topological polar surface area (TPSA) is 34.1 Å². The van der Waals surface area contributed by atoms with Gasteiger partial charge in [-0.15, -0.1) is 11.3 Å². The molecule has 0 amide bonds. The monoisotopic (exact) mass is 250 g/mol. The fraction of sp³-hybridized carbons (Fsp3) is 0.556. The van der Waals surface area contributed by atoms with E-state index in [4.69, 9.17) is 10.7 Å². The summed E-state index contributed by atoms with van der Waals surface area (Å²) in [6.07, 6.45) is 4.12. The molecule has 78 valence electrons. The van der Waals surface area contributed by atoms with E-state index in [0.717, 1.165) is 17.7 Å². The number of hydrogen-bond donors (Lipinski definition) is 0. The van der Waals surface area contributed by atoms with E-state index >= 15 is 0 Å². The van der Waals surface area contributed by atoms with E-state index in [-0.39, 0.29) is 5.75 Å². The minimum absolute atomic E-state index is 0.0496. The lowest BCUT2D eigenvalue weighted by molar-refractivity contribution is 0.609. The van der Waals surface area contributed by atoms with E-state index in [9.17, 15) is 8.42 Å². The molecule has 0 saturated carbocycles. The normalized spacial score (nSPS) is 15.8. The van der Waals surface area contributed by atoms with Crippen LogP contribution >= 0.6 is 22.0 Å². The third kappa shape index (κ3) is 2.49. The molecular formula is C9H11ClO2S2. The first-order valence-corrected chi connectivity index (χ1v) is 7.87. The first-order valence-electron chi connectivity index (χ1n) is 4.57. The molecule has 1 heterocycles. The summed E-state index contributed by atoms with van der Waals surface area (Å²) < 4.78 is 21.5. The van der Waals surface area contributed by atoms with Crippen LogP contribution in [0.25, 0.3) is 0 Å². The van der Waals surface area contributed by atoms with Gasteiger partial charge in [0.2, 0.25) is 9.05 Å². The quantitative estimate of drug-likeness (QED) is 0.772. The van der Waals surface area contributed by atoms with Crippen molar-refractivity contribution < 1.29 is 8.42 Å². The lowest BCUT2D eigenvalue weighted by atomic mass is 10.2. The van der Waals surface area contributed by atoms with E-state index in [1.54, 1.807) is 11.3 Å².